The first-order chi connectivity index (χ1) is 9.58. The summed E-state index contributed by atoms with van der Waals surface area (Å²) in [7, 11) is 0. The van der Waals surface area contributed by atoms with Crippen molar-refractivity contribution >= 4 is 23.0 Å². The maximum absolute atomic E-state index is 11.1. The molecule has 0 aromatic carbocycles. The fourth-order valence-electron chi connectivity index (χ4n) is 3.04. The number of aromatic nitrogens is 4. The SMILES string of the molecule is CC(C(=O)O)[C@H]1CC[C@@H](n2cnc3c(N)ncnc32)C1. The average Bonchev–Trinajstić information content (AvgIpc) is 3.04. The number of nitrogen functional groups attached to an aromatic ring is 1. The van der Waals surface area contributed by atoms with Crippen molar-refractivity contribution in [3.05, 3.63) is 12.7 Å². The molecule has 3 atom stereocenters. The van der Waals surface area contributed by atoms with E-state index in [-0.39, 0.29) is 17.9 Å². The van der Waals surface area contributed by atoms with E-state index in [9.17, 15) is 4.79 Å². The third kappa shape index (κ3) is 1.99. The van der Waals surface area contributed by atoms with Gasteiger partial charge in [0.05, 0.1) is 12.2 Å². The van der Waals surface area contributed by atoms with Crippen molar-refractivity contribution in [2.75, 3.05) is 5.73 Å². The number of nitrogens with two attached hydrogens (primary N) is 1. The number of aliphatic carboxylic acids is 1. The number of fused-ring (bicyclic) bond motifs is 1. The molecule has 1 fully saturated rings. The maximum atomic E-state index is 11.1. The summed E-state index contributed by atoms with van der Waals surface area (Å²) in [5.41, 5.74) is 7.12. The summed E-state index contributed by atoms with van der Waals surface area (Å²) in [6.45, 7) is 1.78. The molecule has 1 aliphatic carbocycles. The Labute approximate surface area is 115 Å². The Morgan fingerprint density at radius 1 is 1.45 bits per heavy atom. The fraction of sp³-hybridized carbons (Fsp3) is 0.538. The lowest BCUT2D eigenvalue weighted by atomic mass is 9.92. The summed E-state index contributed by atoms with van der Waals surface area (Å²) in [6.07, 6.45) is 5.86. The molecule has 3 N–H and O–H groups in total. The zero-order valence-electron chi connectivity index (χ0n) is 11.2. The summed E-state index contributed by atoms with van der Waals surface area (Å²) < 4.78 is 2.00. The number of hydrogen-bond donors (Lipinski definition) is 2. The first-order valence-electron chi connectivity index (χ1n) is 6.73. The van der Waals surface area contributed by atoms with Gasteiger partial charge in [0.2, 0.25) is 0 Å². The summed E-state index contributed by atoms with van der Waals surface area (Å²) in [5.74, 6) is -0.455. The number of carboxylic acid groups (broad SMARTS) is 1. The molecule has 1 saturated carbocycles. The Kier molecular flexibility index (Phi) is 3.04. The Hall–Kier alpha value is -2.18. The van der Waals surface area contributed by atoms with Crippen LogP contribution in [0.4, 0.5) is 5.82 Å². The van der Waals surface area contributed by atoms with Crippen LogP contribution in [0.5, 0.6) is 0 Å². The minimum atomic E-state index is -0.724. The van der Waals surface area contributed by atoms with Crippen LogP contribution in [0.1, 0.15) is 32.2 Å². The molecule has 7 nitrogen and oxygen atoms in total. The van der Waals surface area contributed by atoms with E-state index in [1.807, 2.05) is 4.57 Å². The minimum absolute atomic E-state index is 0.203. The highest BCUT2D eigenvalue weighted by atomic mass is 16.4. The highest BCUT2D eigenvalue weighted by Gasteiger charge is 2.33. The van der Waals surface area contributed by atoms with Gasteiger partial charge in [0.15, 0.2) is 11.5 Å². The van der Waals surface area contributed by atoms with Gasteiger partial charge in [0, 0.05) is 6.04 Å². The molecule has 2 aromatic heterocycles. The van der Waals surface area contributed by atoms with Gasteiger partial charge in [-0.25, -0.2) is 15.0 Å². The normalized spacial score (nSPS) is 24.1. The van der Waals surface area contributed by atoms with Crippen LogP contribution in [0.2, 0.25) is 0 Å². The number of hydrogen-bond acceptors (Lipinski definition) is 5. The molecule has 0 bridgehead atoms. The Bertz CT molecular complexity index is 653. The molecule has 0 spiro atoms. The second kappa shape index (κ2) is 4.73. The number of anilines is 1. The molecule has 2 aromatic rings. The van der Waals surface area contributed by atoms with Crippen LogP contribution in [0.25, 0.3) is 11.2 Å². The minimum Gasteiger partial charge on any atom is -0.481 e. The van der Waals surface area contributed by atoms with Gasteiger partial charge in [-0.3, -0.25) is 4.79 Å². The second-order valence-corrected chi connectivity index (χ2v) is 5.44. The number of rotatable bonds is 3. The molecule has 0 radical (unpaired) electrons. The molecular weight excluding hydrogens is 258 g/mol. The van der Waals surface area contributed by atoms with Crippen LogP contribution in [0, 0.1) is 11.8 Å². The van der Waals surface area contributed by atoms with Gasteiger partial charge in [-0.15, -0.1) is 0 Å². The zero-order chi connectivity index (χ0) is 14.3. The zero-order valence-corrected chi connectivity index (χ0v) is 11.2. The van der Waals surface area contributed by atoms with Gasteiger partial charge in [-0.2, -0.15) is 0 Å². The van der Waals surface area contributed by atoms with Gasteiger partial charge in [-0.05, 0) is 25.2 Å². The quantitative estimate of drug-likeness (QED) is 0.878. The number of carboxylic acids is 1. The lowest BCUT2D eigenvalue weighted by molar-refractivity contribution is -0.142. The molecule has 0 amide bonds. The maximum Gasteiger partial charge on any atom is 0.306 e. The second-order valence-electron chi connectivity index (χ2n) is 5.44. The molecule has 3 rings (SSSR count). The average molecular weight is 275 g/mol. The van der Waals surface area contributed by atoms with Crippen molar-refractivity contribution in [3.8, 4) is 0 Å². The molecular formula is C13H17N5O2. The summed E-state index contributed by atoms with van der Waals surface area (Å²) in [4.78, 5) is 23.5. The Morgan fingerprint density at radius 2 is 2.25 bits per heavy atom. The summed E-state index contributed by atoms with van der Waals surface area (Å²) in [6, 6.07) is 0.237. The lowest BCUT2D eigenvalue weighted by Gasteiger charge is -2.16. The molecule has 1 aliphatic rings. The van der Waals surface area contributed by atoms with E-state index in [4.69, 9.17) is 10.8 Å². The van der Waals surface area contributed by atoms with Crippen LogP contribution in [0.15, 0.2) is 12.7 Å². The van der Waals surface area contributed by atoms with Crippen molar-refractivity contribution in [1.29, 1.82) is 0 Å². The predicted molar refractivity (Wildman–Crippen MR) is 72.9 cm³/mol. The summed E-state index contributed by atoms with van der Waals surface area (Å²) >= 11 is 0. The molecule has 20 heavy (non-hydrogen) atoms. The van der Waals surface area contributed by atoms with Crippen molar-refractivity contribution in [3.63, 3.8) is 0 Å². The summed E-state index contributed by atoms with van der Waals surface area (Å²) in [5, 5.41) is 9.11. The van der Waals surface area contributed by atoms with Crippen molar-refractivity contribution in [2.45, 2.75) is 32.2 Å². The van der Waals surface area contributed by atoms with Crippen molar-refractivity contribution in [2.24, 2.45) is 11.8 Å². The van der Waals surface area contributed by atoms with Crippen molar-refractivity contribution in [1.82, 2.24) is 19.5 Å². The topological polar surface area (TPSA) is 107 Å². The highest BCUT2D eigenvalue weighted by molar-refractivity contribution is 5.81. The fourth-order valence-corrected chi connectivity index (χ4v) is 3.04. The molecule has 106 valence electrons. The first kappa shape index (κ1) is 12.8. The standard InChI is InChI=1S/C13H17N5O2/c1-7(13(19)20)8-2-3-9(4-8)18-6-17-10-11(14)15-5-16-12(10)18/h5-9H,2-4H2,1H3,(H,19,20)(H2,14,15,16)/t7?,8-,9+/m0/s1. The number of nitrogens with zero attached hydrogens (tertiary/aromatic N) is 4. The van der Waals surface area contributed by atoms with E-state index in [0.717, 1.165) is 24.9 Å². The van der Waals surface area contributed by atoms with Gasteiger partial charge in [-0.1, -0.05) is 6.92 Å². The first-order valence-corrected chi connectivity index (χ1v) is 6.73. The van der Waals surface area contributed by atoms with Gasteiger partial charge >= 0.3 is 5.97 Å². The van der Waals surface area contributed by atoms with Crippen LogP contribution >= 0.6 is 0 Å². The van der Waals surface area contributed by atoms with E-state index < -0.39 is 5.97 Å². The van der Waals surface area contributed by atoms with E-state index in [1.54, 1.807) is 13.3 Å². The smallest absolute Gasteiger partial charge is 0.306 e. The Balaban J connectivity index is 1.87. The largest absolute Gasteiger partial charge is 0.481 e. The monoisotopic (exact) mass is 275 g/mol. The molecule has 2 heterocycles. The van der Waals surface area contributed by atoms with Crippen molar-refractivity contribution < 1.29 is 9.90 Å². The molecule has 7 heteroatoms. The van der Waals surface area contributed by atoms with Crippen LogP contribution < -0.4 is 5.73 Å². The van der Waals surface area contributed by atoms with E-state index in [2.05, 4.69) is 15.0 Å². The van der Waals surface area contributed by atoms with Gasteiger partial charge < -0.3 is 15.4 Å². The number of imidazole rings is 1. The lowest BCUT2D eigenvalue weighted by Crippen LogP contribution is -2.18. The van der Waals surface area contributed by atoms with E-state index >= 15 is 0 Å². The van der Waals surface area contributed by atoms with E-state index in [0.29, 0.717) is 11.3 Å². The van der Waals surface area contributed by atoms with Gasteiger partial charge in [0.25, 0.3) is 0 Å². The molecule has 0 aliphatic heterocycles. The van der Waals surface area contributed by atoms with E-state index in [1.165, 1.54) is 6.33 Å². The Morgan fingerprint density at radius 3 is 3.00 bits per heavy atom. The number of carbonyl (C=O) groups is 1. The molecule has 1 unspecified atom stereocenters. The predicted octanol–water partition coefficient (Wildman–Crippen LogP) is 1.47. The van der Waals surface area contributed by atoms with Crippen LogP contribution in [-0.2, 0) is 4.79 Å². The van der Waals surface area contributed by atoms with Gasteiger partial charge in [0.1, 0.15) is 11.8 Å². The molecule has 0 saturated heterocycles. The van der Waals surface area contributed by atoms with Crippen LogP contribution in [-0.4, -0.2) is 30.6 Å². The highest BCUT2D eigenvalue weighted by Crippen LogP contribution is 2.39. The third-order valence-electron chi connectivity index (χ3n) is 4.32. The third-order valence-corrected chi connectivity index (χ3v) is 4.32. The van der Waals surface area contributed by atoms with Crippen LogP contribution in [0.3, 0.4) is 0 Å².